The third-order valence-electron chi connectivity index (χ3n) is 4.99. The summed E-state index contributed by atoms with van der Waals surface area (Å²) in [4.78, 5) is 37.0. The SMILES string of the molecule is CSCCC(NC(=O)c1oc2ccccc2c1C)c1cc(=O)[nH]c(-c2ccccn2)n1. The van der Waals surface area contributed by atoms with Crippen LogP contribution < -0.4 is 10.9 Å². The molecule has 0 bridgehead atoms. The Labute approximate surface area is 183 Å². The van der Waals surface area contributed by atoms with Crippen molar-refractivity contribution in [3.05, 3.63) is 82.1 Å². The zero-order valence-corrected chi connectivity index (χ0v) is 18.0. The van der Waals surface area contributed by atoms with Crippen LogP contribution in [0.25, 0.3) is 22.5 Å². The number of rotatable bonds is 7. The number of pyridine rings is 1. The maximum atomic E-state index is 13.1. The number of thioether (sulfide) groups is 1. The first kappa shape index (κ1) is 20.9. The summed E-state index contributed by atoms with van der Waals surface area (Å²) < 4.78 is 5.80. The molecule has 31 heavy (non-hydrogen) atoms. The summed E-state index contributed by atoms with van der Waals surface area (Å²) >= 11 is 1.66. The lowest BCUT2D eigenvalue weighted by atomic mass is 10.1. The Hall–Kier alpha value is -3.39. The van der Waals surface area contributed by atoms with Gasteiger partial charge in [0, 0.05) is 23.2 Å². The summed E-state index contributed by atoms with van der Waals surface area (Å²) in [5.41, 5.74) is 2.20. The molecule has 2 N–H and O–H groups in total. The topological polar surface area (TPSA) is 101 Å². The first-order valence-corrected chi connectivity index (χ1v) is 11.3. The standard InChI is InChI=1S/C23H22N4O3S/c1-14-15-7-3-4-9-19(15)30-21(14)23(29)26-16(10-12-31-2)18-13-20(28)27-22(25-18)17-8-5-6-11-24-17/h3-9,11,13,16H,10,12H2,1-2H3,(H,26,29)(H,25,27,28). The van der Waals surface area contributed by atoms with Crippen molar-refractivity contribution in [2.75, 3.05) is 12.0 Å². The van der Waals surface area contributed by atoms with Gasteiger partial charge < -0.3 is 14.7 Å². The zero-order valence-electron chi connectivity index (χ0n) is 17.2. The summed E-state index contributed by atoms with van der Waals surface area (Å²) in [6.07, 6.45) is 4.25. The molecule has 8 heteroatoms. The predicted molar refractivity (Wildman–Crippen MR) is 122 cm³/mol. The van der Waals surface area contributed by atoms with Crippen molar-refractivity contribution in [2.24, 2.45) is 0 Å². The first-order chi connectivity index (χ1) is 15.1. The van der Waals surface area contributed by atoms with Gasteiger partial charge in [0.25, 0.3) is 11.5 Å². The number of carbonyl (C=O) groups is 1. The van der Waals surface area contributed by atoms with Gasteiger partial charge in [-0.1, -0.05) is 24.3 Å². The Morgan fingerprint density at radius 2 is 2.03 bits per heavy atom. The van der Waals surface area contributed by atoms with Crippen LogP contribution in [0.4, 0.5) is 0 Å². The molecule has 0 fully saturated rings. The number of hydrogen-bond acceptors (Lipinski definition) is 6. The molecule has 0 aliphatic rings. The van der Waals surface area contributed by atoms with Crippen LogP contribution in [0.5, 0.6) is 0 Å². The first-order valence-electron chi connectivity index (χ1n) is 9.87. The molecule has 0 saturated heterocycles. The van der Waals surface area contributed by atoms with Gasteiger partial charge in [-0.15, -0.1) is 0 Å². The molecular weight excluding hydrogens is 412 g/mol. The van der Waals surface area contributed by atoms with Crippen molar-refractivity contribution in [3.8, 4) is 11.5 Å². The second-order valence-electron chi connectivity index (χ2n) is 7.09. The predicted octanol–water partition coefficient (Wildman–Crippen LogP) is 4.11. The zero-order chi connectivity index (χ0) is 21.8. The Balaban J connectivity index is 1.67. The molecular formula is C23H22N4O3S. The summed E-state index contributed by atoms with van der Waals surface area (Å²) in [6.45, 7) is 1.86. The number of para-hydroxylation sites is 1. The summed E-state index contributed by atoms with van der Waals surface area (Å²) in [5.74, 6) is 1.09. The molecule has 0 aliphatic heterocycles. The number of aryl methyl sites for hydroxylation is 1. The van der Waals surface area contributed by atoms with E-state index in [2.05, 4.69) is 20.3 Å². The molecule has 1 aromatic carbocycles. The molecule has 0 spiro atoms. The summed E-state index contributed by atoms with van der Waals surface area (Å²) in [6, 6.07) is 13.9. The molecule has 4 aromatic rings. The lowest BCUT2D eigenvalue weighted by Crippen LogP contribution is -2.31. The lowest BCUT2D eigenvalue weighted by Gasteiger charge is -2.18. The largest absolute Gasteiger partial charge is 0.451 e. The summed E-state index contributed by atoms with van der Waals surface area (Å²) in [7, 11) is 0. The average molecular weight is 435 g/mol. The molecule has 0 saturated carbocycles. The Morgan fingerprint density at radius 1 is 1.23 bits per heavy atom. The Kier molecular flexibility index (Phi) is 6.18. The van der Waals surface area contributed by atoms with Gasteiger partial charge in [-0.3, -0.25) is 14.6 Å². The maximum Gasteiger partial charge on any atom is 0.287 e. The molecule has 3 aromatic heterocycles. The van der Waals surface area contributed by atoms with Crippen LogP contribution in [0.2, 0.25) is 0 Å². The van der Waals surface area contributed by atoms with Crippen molar-refractivity contribution in [1.82, 2.24) is 20.3 Å². The molecule has 0 radical (unpaired) electrons. The molecule has 1 atom stereocenters. The van der Waals surface area contributed by atoms with Crippen LogP contribution in [-0.2, 0) is 0 Å². The van der Waals surface area contributed by atoms with Gasteiger partial charge in [0.2, 0.25) is 0 Å². The van der Waals surface area contributed by atoms with Crippen molar-refractivity contribution in [3.63, 3.8) is 0 Å². The van der Waals surface area contributed by atoms with Gasteiger partial charge in [-0.25, -0.2) is 4.98 Å². The molecule has 1 unspecified atom stereocenters. The van der Waals surface area contributed by atoms with Crippen LogP contribution in [-0.4, -0.2) is 32.9 Å². The number of H-pyrrole nitrogens is 1. The van der Waals surface area contributed by atoms with E-state index in [4.69, 9.17) is 4.42 Å². The number of amides is 1. The number of fused-ring (bicyclic) bond motifs is 1. The van der Waals surface area contributed by atoms with Gasteiger partial charge in [-0.2, -0.15) is 11.8 Å². The number of nitrogens with zero attached hydrogens (tertiary/aromatic N) is 2. The highest BCUT2D eigenvalue weighted by Gasteiger charge is 2.23. The average Bonchev–Trinajstić information content (AvgIpc) is 3.13. The molecule has 4 rings (SSSR count). The normalized spacial score (nSPS) is 12.1. The highest BCUT2D eigenvalue weighted by Crippen LogP contribution is 2.26. The van der Waals surface area contributed by atoms with E-state index in [0.29, 0.717) is 29.2 Å². The van der Waals surface area contributed by atoms with Gasteiger partial charge in [-0.05, 0) is 43.6 Å². The molecule has 1 amide bonds. The van der Waals surface area contributed by atoms with Crippen LogP contribution in [0.3, 0.4) is 0 Å². The third-order valence-corrected chi connectivity index (χ3v) is 5.64. The van der Waals surface area contributed by atoms with Gasteiger partial charge in [0.05, 0.1) is 11.7 Å². The quantitative estimate of drug-likeness (QED) is 0.454. The van der Waals surface area contributed by atoms with E-state index in [1.807, 2.05) is 43.5 Å². The fourth-order valence-electron chi connectivity index (χ4n) is 3.42. The van der Waals surface area contributed by atoms with Crippen LogP contribution in [0.15, 0.2) is 63.9 Å². The maximum absolute atomic E-state index is 13.1. The molecule has 0 aliphatic carbocycles. The number of furan rings is 1. The third kappa shape index (κ3) is 4.54. The highest BCUT2D eigenvalue weighted by molar-refractivity contribution is 7.98. The van der Waals surface area contributed by atoms with Crippen molar-refractivity contribution in [2.45, 2.75) is 19.4 Å². The van der Waals surface area contributed by atoms with Gasteiger partial charge in [0.1, 0.15) is 11.3 Å². The number of hydrogen-bond donors (Lipinski definition) is 2. The minimum Gasteiger partial charge on any atom is -0.451 e. The van der Waals surface area contributed by atoms with E-state index >= 15 is 0 Å². The van der Waals surface area contributed by atoms with Crippen molar-refractivity contribution >= 4 is 28.6 Å². The molecule has 7 nitrogen and oxygen atoms in total. The van der Waals surface area contributed by atoms with Gasteiger partial charge in [0.15, 0.2) is 11.6 Å². The van der Waals surface area contributed by atoms with Gasteiger partial charge >= 0.3 is 0 Å². The van der Waals surface area contributed by atoms with E-state index in [0.717, 1.165) is 16.7 Å². The monoisotopic (exact) mass is 434 g/mol. The highest BCUT2D eigenvalue weighted by atomic mass is 32.2. The van der Waals surface area contributed by atoms with Crippen LogP contribution in [0.1, 0.15) is 34.3 Å². The smallest absolute Gasteiger partial charge is 0.287 e. The van der Waals surface area contributed by atoms with E-state index < -0.39 is 6.04 Å². The number of nitrogens with one attached hydrogen (secondary N) is 2. The number of aromatic nitrogens is 3. The Bertz CT molecular complexity index is 1270. The number of carbonyl (C=O) groups excluding carboxylic acids is 1. The summed E-state index contributed by atoms with van der Waals surface area (Å²) in [5, 5.41) is 3.91. The van der Waals surface area contributed by atoms with E-state index in [1.165, 1.54) is 6.07 Å². The molecule has 3 heterocycles. The van der Waals surface area contributed by atoms with Crippen molar-refractivity contribution < 1.29 is 9.21 Å². The van der Waals surface area contributed by atoms with E-state index in [9.17, 15) is 9.59 Å². The molecule has 158 valence electrons. The van der Waals surface area contributed by atoms with Crippen molar-refractivity contribution in [1.29, 1.82) is 0 Å². The number of aromatic amines is 1. The Morgan fingerprint density at radius 3 is 2.77 bits per heavy atom. The lowest BCUT2D eigenvalue weighted by molar-refractivity contribution is 0.0908. The minimum absolute atomic E-state index is 0.269. The second-order valence-corrected chi connectivity index (χ2v) is 8.08. The minimum atomic E-state index is -0.447. The van der Waals surface area contributed by atoms with Crippen LogP contribution in [0, 0.1) is 6.92 Å². The fraction of sp³-hybridized carbons (Fsp3) is 0.217. The fourth-order valence-corrected chi connectivity index (χ4v) is 3.89. The van der Waals surface area contributed by atoms with Crippen LogP contribution >= 0.6 is 11.8 Å². The second kappa shape index (κ2) is 9.18. The van der Waals surface area contributed by atoms with E-state index in [1.54, 1.807) is 30.1 Å². The number of benzene rings is 1. The van der Waals surface area contributed by atoms with E-state index in [-0.39, 0.29) is 17.2 Å².